The predicted octanol–water partition coefficient (Wildman–Crippen LogP) is 20.1. The number of amides is 1. The smallest absolute Gasteiger partial charge is 0.220 e. The molecule has 0 spiro atoms. The molecule has 0 bridgehead atoms. The zero-order valence-electron chi connectivity index (χ0n) is 45.8. The van der Waals surface area contributed by atoms with Crippen LogP contribution < -0.4 is 5.32 Å². The highest BCUT2D eigenvalue weighted by atomic mass is 16.3. The minimum absolute atomic E-state index is 0.0737. The molecule has 0 fully saturated rings. The molecule has 0 aliphatic carbocycles. The second kappa shape index (κ2) is 59.6. The molecule has 4 nitrogen and oxygen atoms in total. The van der Waals surface area contributed by atoms with Crippen LogP contribution in [0.15, 0.2) is 97.2 Å². The Labute approximate surface area is 430 Å². The lowest BCUT2D eigenvalue weighted by Crippen LogP contribution is -2.45. The number of carbonyl (C=O) groups is 1. The molecule has 0 saturated carbocycles. The minimum atomic E-state index is -0.867. The van der Waals surface area contributed by atoms with Gasteiger partial charge in [0, 0.05) is 6.42 Å². The Morgan fingerprint density at radius 3 is 1.01 bits per heavy atom. The summed E-state index contributed by atoms with van der Waals surface area (Å²) in [6, 6.07) is -0.644. The first-order valence-electron chi connectivity index (χ1n) is 30.0. The highest BCUT2D eigenvalue weighted by Gasteiger charge is 2.18. The van der Waals surface area contributed by atoms with Gasteiger partial charge < -0.3 is 15.5 Å². The lowest BCUT2D eigenvalue weighted by atomic mass is 10.0. The van der Waals surface area contributed by atoms with E-state index in [4.69, 9.17) is 0 Å². The Morgan fingerprint density at radius 2 is 0.652 bits per heavy atom. The van der Waals surface area contributed by atoms with Gasteiger partial charge in [0.25, 0.3) is 0 Å². The summed E-state index contributed by atoms with van der Waals surface area (Å²) in [7, 11) is 0. The molecule has 2 unspecified atom stereocenters. The number of aliphatic hydroxyl groups is 2. The van der Waals surface area contributed by atoms with Gasteiger partial charge in [0.2, 0.25) is 5.91 Å². The van der Waals surface area contributed by atoms with Gasteiger partial charge in [-0.1, -0.05) is 297 Å². The molecule has 2 atom stereocenters. The first-order valence-corrected chi connectivity index (χ1v) is 30.0. The number of hydrogen-bond donors (Lipinski definition) is 3. The molecule has 0 heterocycles. The number of allylic oxidation sites excluding steroid dienone is 15. The molecule has 1 amide bonds. The Bertz CT molecular complexity index is 1270. The van der Waals surface area contributed by atoms with Gasteiger partial charge in [0.15, 0.2) is 0 Å². The highest BCUT2D eigenvalue weighted by Crippen LogP contribution is 2.16. The van der Waals surface area contributed by atoms with E-state index in [2.05, 4.69) is 104 Å². The van der Waals surface area contributed by atoms with Crippen molar-refractivity contribution in [1.82, 2.24) is 5.32 Å². The second-order valence-electron chi connectivity index (χ2n) is 20.0. The van der Waals surface area contributed by atoms with Crippen molar-refractivity contribution in [2.75, 3.05) is 6.61 Å². The molecule has 69 heavy (non-hydrogen) atoms. The van der Waals surface area contributed by atoms with Gasteiger partial charge in [-0.05, 0) is 83.5 Å². The van der Waals surface area contributed by atoms with Crippen molar-refractivity contribution in [2.45, 2.75) is 302 Å². The number of carbonyl (C=O) groups excluding carboxylic acids is 1. The summed E-state index contributed by atoms with van der Waals surface area (Å²) in [5, 5.41) is 23.2. The fourth-order valence-electron chi connectivity index (χ4n) is 8.79. The fraction of sp³-hybridized carbons (Fsp3) is 0.738. The van der Waals surface area contributed by atoms with Crippen molar-refractivity contribution in [2.24, 2.45) is 0 Å². The number of rotatable bonds is 54. The quantitative estimate of drug-likeness (QED) is 0.0420. The third-order valence-electron chi connectivity index (χ3n) is 13.3. The third kappa shape index (κ3) is 56.1. The zero-order chi connectivity index (χ0) is 49.9. The van der Waals surface area contributed by atoms with E-state index in [1.807, 2.05) is 6.08 Å². The van der Waals surface area contributed by atoms with Crippen LogP contribution >= 0.6 is 0 Å². The number of hydrogen-bond acceptors (Lipinski definition) is 3. The van der Waals surface area contributed by atoms with Crippen molar-refractivity contribution in [1.29, 1.82) is 0 Å². The van der Waals surface area contributed by atoms with Gasteiger partial charge in [0.1, 0.15) is 0 Å². The molecule has 0 aromatic carbocycles. The first-order chi connectivity index (χ1) is 34.2. The van der Waals surface area contributed by atoms with Gasteiger partial charge in [-0.2, -0.15) is 0 Å². The summed E-state index contributed by atoms with van der Waals surface area (Å²) in [5.74, 6) is -0.0737. The molecule has 0 saturated heterocycles. The Kier molecular flexibility index (Phi) is 57.3. The van der Waals surface area contributed by atoms with Crippen molar-refractivity contribution in [3.05, 3.63) is 97.2 Å². The number of aliphatic hydroxyl groups excluding tert-OH is 2. The molecular formula is C65H115NO3. The second-order valence-corrected chi connectivity index (χ2v) is 20.0. The SMILES string of the molecule is CC/C=C\C/C=C\C/C=C\C/C=C\C/C=C\C/C=C\CCCCCCCCCCCCCCCCCCC(=O)NC(CO)C(O)/C=C/CC/C=C/CCCCCCCCCCCCCCCCCC. The standard InChI is InChI=1S/C65H115NO3/c1-3-5-7-9-11-13-15-17-19-21-23-25-27-28-29-30-31-32-33-34-35-36-37-38-39-41-43-45-47-49-51-53-55-57-59-61-65(69)66-63(62-67)64(68)60-58-56-54-52-50-48-46-44-42-40-26-24-22-20-18-16-14-12-10-8-6-4-2/h5,7,11,13,17,19,23,25,28-29,31-32,50,52,58,60,63-64,67-68H,3-4,6,8-10,12,14-16,18,20-22,24,26-27,30,33-49,51,53-57,59,61-62H2,1-2H3,(H,66,69)/b7-5-,13-11-,19-17-,25-23-,29-28-,32-31-,52-50+,60-58+. The molecule has 3 N–H and O–H groups in total. The average molecular weight is 959 g/mol. The van der Waals surface area contributed by atoms with Crippen LogP contribution in [0, 0.1) is 0 Å². The first kappa shape index (κ1) is 66.3. The van der Waals surface area contributed by atoms with Crippen LogP contribution in [0.3, 0.4) is 0 Å². The predicted molar refractivity (Wildman–Crippen MR) is 308 cm³/mol. The summed E-state index contributed by atoms with van der Waals surface area (Å²) in [6.45, 7) is 4.20. The average Bonchev–Trinajstić information content (AvgIpc) is 3.35. The van der Waals surface area contributed by atoms with Crippen LogP contribution in [0.5, 0.6) is 0 Å². The Morgan fingerprint density at radius 1 is 0.362 bits per heavy atom. The summed E-state index contributed by atoms with van der Waals surface area (Å²) >= 11 is 0. The van der Waals surface area contributed by atoms with Crippen LogP contribution in [-0.2, 0) is 4.79 Å². The van der Waals surface area contributed by atoms with Crippen molar-refractivity contribution in [3.8, 4) is 0 Å². The van der Waals surface area contributed by atoms with E-state index in [0.717, 1.165) is 70.6 Å². The molecule has 0 aliphatic rings. The summed E-state index contributed by atoms with van der Waals surface area (Å²) in [6.07, 6.45) is 88.7. The van der Waals surface area contributed by atoms with Gasteiger partial charge in [0.05, 0.1) is 18.8 Å². The van der Waals surface area contributed by atoms with E-state index < -0.39 is 12.1 Å². The van der Waals surface area contributed by atoms with Crippen molar-refractivity contribution in [3.63, 3.8) is 0 Å². The third-order valence-corrected chi connectivity index (χ3v) is 13.3. The van der Waals surface area contributed by atoms with E-state index in [1.54, 1.807) is 6.08 Å². The number of nitrogens with one attached hydrogen (secondary N) is 1. The zero-order valence-corrected chi connectivity index (χ0v) is 45.8. The number of unbranched alkanes of at least 4 members (excludes halogenated alkanes) is 33. The Hall–Kier alpha value is -2.69. The van der Waals surface area contributed by atoms with Crippen LogP contribution in [0.1, 0.15) is 290 Å². The molecule has 0 aromatic heterocycles. The minimum Gasteiger partial charge on any atom is -0.394 e. The molecule has 0 aliphatic heterocycles. The summed E-state index contributed by atoms with van der Waals surface area (Å²) in [4.78, 5) is 12.5. The van der Waals surface area contributed by atoms with Gasteiger partial charge >= 0.3 is 0 Å². The maximum atomic E-state index is 12.5. The normalized spacial score (nSPS) is 13.5. The molecular weight excluding hydrogens is 843 g/mol. The summed E-state index contributed by atoms with van der Waals surface area (Å²) in [5.41, 5.74) is 0. The van der Waals surface area contributed by atoms with Crippen LogP contribution in [0.25, 0.3) is 0 Å². The van der Waals surface area contributed by atoms with Gasteiger partial charge in [-0.25, -0.2) is 0 Å². The van der Waals surface area contributed by atoms with E-state index in [1.165, 1.54) is 199 Å². The highest BCUT2D eigenvalue weighted by molar-refractivity contribution is 5.76. The van der Waals surface area contributed by atoms with Crippen LogP contribution in [0.4, 0.5) is 0 Å². The summed E-state index contributed by atoms with van der Waals surface area (Å²) < 4.78 is 0. The Balaban J connectivity index is 3.53. The maximum Gasteiger partial charge on any atom is 0.220 e. The van der Waals surface area contributed by atoms with Crippen molar-refractivity contribution < 1.29 is 15.0 Å². The molecule has 0 rings (SSSR count). The monoisotopic (exact) mass is 958 g/mol. The largest absolute Gasteiger partial charge is 0.394 e. The van der Waals surface area contributed by atoms with Crippen LogP contribution in [-0.4, -0.2) is 34.9 Å². The molecule has 4 heteroatoms. The van der Waals surface area contributed by atoms with E-state index >= 15 is 0 Å². The topological polar surface area (TPSA) is 69.6 Å². The van der Waals surface area contributed by atoms with Gasteiger partial charge in [-0.15, -0.1) is 0 Å². The molecule has 0 aromatic rings. The van der Waals surface area contributed by atoms with E-state index in [0.29, 0.717) is 6.42 Å². The van der Waals surface area contributed by atoms with Gasteiger partial charge in [-0.3, -0.25) is 4.79 Å². The van der Waals surface area contributed by atoms with Crippen LogP contribution in [0.2, 0.25) is 0 Å². The molecule has 398 valence electrons. The van der Waals surface area contributed by atoms with E-state index in [9.17, 15) is 15.0 Å². The molecule has 0 radical (unpaired) electrons. The fourth-order valence-corrected chi connectivity index (χ4v) is 8.79. The lowest BCUT2D eigenvalue weighted by molar-refractivity contribution is -0.123. The van der Waals surface area contributed by atoms with E-state index in [-0.39, 0.29) is 12.5 Å². The van der Waals surface area contributed by atoms with Crippen molar-refractivity contribution >= 4 is 5.91 Å². The maximum absolute atomic E-state index is 12.5. The lowest BCUT2D eigenvalue weighted by Gasteiger charge is -2.19.